The second-order valence-electron chi connectivity index (χ2n) is 5.59. The Morgan fingerprint density at radius 1 is 1.26 bits per heavy atom. The van der Waals surface area contributed by atoms with Crippen molar-refractivity contribution in [2.75, 3.05) is 0 Å². The Bertz CT molecular complexity index is 737. The molecular formula is C17H18NO4P. The zero-order valence-corrected chi connectivity index (χ0v) is 13.7. The van der Waals surface area contributed by atoms with Gasteiger partial charge < -0.3 is 9.63 Å². The van der Waals surface area contributed by atoms with Crippen LogP contribution < -0.4 is 9.42 Å². The first-order valence-corrected chi connectivity index (χ1v) is 8.81. The molecular weight excluding hydrogens is 313 g/mol. The first-order chi connectivity index (χ1) is 11.1. The fourth-order valence-electron chi connectivity index (χ4n) is 2.32. The van der Waals surface area contributed by atoms with Crippen molar-refractivity contribution in [1.29, 1.82) is 0 Å². The molecule has 1 aliphatic carbocycles. The molecule has 0 amide bonds. The number of carbonyl (C=O) groups is 1. The number of rotatable bonds is 5. The van der Waals surface area contributed by atoms with Crippen LogP contribution >= 0.6 is 8.17 Å². The van der Waals surface area contributed by atoms with Crippen LogP contribution in [0.25, 0.3) is 10.8 Å². The zero-order chi connectivity index (χ0) is 16.2. The van der Waals surface area contributed by atoms with E-state index in [1.807, 2.05) is 36.4 Å². The zero-order valence-electron chi connectivity index (χ0n) is 12.8. The minimum absolute atomic E-state index is 0.00276. The van der Waals surface area contributed by atoms with Gasteiger partial charge in [0.15, 0.2) is 11.8 Å². The smallest absolute Gasteiger partial charge is 0.395 e. The lowest BCUT2D eigenvalue weighted by molar-refractivity contribution is -0.170. The Balaban J connectivity index is 1.69. The molecule has 0 N–H and O–H groups in total. The summed E-state index contributed by atoms with van der Waals surface area (Å²) in [6.07, 6.45) is 2.88. The second kappa shape index (κ2) is 7.07. The highest BCUT2D eigenvalue weighted by atomic mass is 31.1. The maximum Gasteiger partial charge on any atom is 0.395 e. The summed E-state index contributed by atoms with van der Waals surface area (Å²) < 4.78 is 14.6. The van der Waals surface area contributed by atoms with Gasteiger partial charge in [0.1, 0.15) is 6.10 Å². The van der Waals surface area contributed by atoms with Crippen molar-refractivity contribution in [3.05, 3.63) is 42.5 Å². The normalized spacial score (nSPS) is 16.7. The van der Waals surface area contributed by atoms with Gasteiger partial charge in [-0.2, -0.15) is 0 Å². The van der Waals surface area contributed by atoms with Crippen molar-refractivity contribution in [2.24, 2.45) is 4.74 Å². The summed E-state index contributed by atoms with van der Waals surface area (Å²) in [6.45, 7) is 1.57. The highest BCUT2D eigenvalue weighted by molar-refractivity contribution is 7.34. The van der Waals surface area contributed by atoms with Crippen molar-refractivity contribution in [2.45, 2.75) is 38.3 Å². The molecule has 0 heterocycles. The molecule has 0 spiro atoms. The Kier molecular flexibility index (Phi) is 4.89. The molecule has 0 aliphatic heterocycles. The minimum atomic E-state index is -2.34. The maximum absolute atomic E-state index is 12.1. The monoisotopic (exact) mass is 331 g/mol. The molecule has 1 saturated carbocycles. The lowest BCUT2D eigenvalue weighted by atomic mass is 9.96. The molecule has 0 saturated heterocycles. The fourth-order valence-corrected chi connectivity index (χ4v) is 3.07. The van der Waals surface area contributed by atoms with Gasteiger partial charge in [0.25, 0.3) is 0 Å². The number of hydrogen-bond acceptors (Lipinski definition) is 5. The molecule has 0 bridgehead atoms. The summed E-state index contributed by atoms with van der Waals surface area (Å²) >= 11 is 0. The molecule has 1 aliphatic rings. The highest BCUT2D eigenvalue weighted by Gasteiger charge is 2.26. The van der Waals surface area contributed by atoms with Gasteiger partial charge in [0, 0.05) is 5.39 Å². The van der Waals surface area contributed by atoms with E-state index in [2.05, 4.69) is 4.74 Å². The molecule has 120 valence electrons. The number of ether oxygens (including phenoxy) is 1. The van der Waals surface area contributed by atoms with Gasteiger partial charge in [-0.3, -0.25) is 4.52 Å². The fraction of sp³-hybridized carbons (Fsp3) is 0.353. The van der Waals surface area contributed by atoms with Crippen LogP contribution in [0.15, 0.2) is 47.2 Å². The average Bonchev–Trinajstić information content (AvgIpc) is 2.51. The Morgan fingerprint density at radius 3 is 2.74 bits per heavy atom. The lowest BCUT2D eigenvalue weighted by Gasteiger charge is -2.25. The summed E-state index contributed by atoms with van der Waals surface area (Å²) in [4.78, 5) is 23.9. The molecule has 0 radical (unpaired) electrons. The first-order valence-electron chi connectivity index (χ1n) is 7.68. The molecule has 0 aromatic heterocycles. The summed E-state index contributed by atoms with van der Waals surface area (Å²) in [7, 11) is -2.34. The van der Waals surface area contributed by atoms with Crippen molar-refractivity contribution < 1.29 is 18.9 Å². The summed E-state index contributed by atoms with van der Waals surface area (Å²) in [6, 6.07) is 12.4. The van der Waals surface area contributed by atoms with Crippen LogP contribution in [0.5, 0.6) is 5.75 Å². The van der Waals surface area contributed by atoms with Gasteiger partial charge in [0.05, 0.1) is 0 Å². The number of fused-ring (bicyclic) bond motifs is 1. The quantitative estimate of drug-likeness (QED) is 0.620. The summed E-state index contributed by atoms with van der Waals surface area (Å²) in [5, 5.41) is 1.85. The van der Waals surface area contributed by atoms with E-state index >= 15 is 0 Å². The molecule has 1 fully saturated rings. The second-order valence-corrected chi connectivity index (χ2v) is 6.48. The first kappa shape index (κ1) is 15.9. The van der Waals surface area contributed by atoms with E-state index in [-0.39, 0.29) is 6.10 Å². The number of esters is 1. The molecule has 2 atom stereocenters. The molecule has 23 heavy (non-hydrogen) atoms. The van der Waals surface area contributed by atoms with Gasteiger partial charge in [-0.05, 0) is 37.6 Å². The van der Waals surface area contributed by atoms with Crippen LogP contribution in [0.2, 0.25) is 0 Å². The van der Waals surface area contributed by atoms with E-state index in [1.165, 1.54) is 0 Å². The standard InChI is InChI=1S/C17H18NO4P/c1-12(17(19)21-14-8-5-9-14)18-23(20)22-16-11-4-7-13-6-2-3-10-15(13)16/h2-4,6-7,10-12,14H,5,8-9H2,1H3/t12-/m0/s1. The van der Waals surface area contributed by atoms with Crippen LogP contribution in [0.1, 0.15) is 26.2 Å². The maximum atomic E-state index is 12.1. The van der Waals surface area contributed by atoms with Crippen LogP contribution in [-0.4, -0.2) is 18.1 Å². The third-order valence-corrected chi connectivity index (χ3v) is 4.76. The predicted octanol–water partition coefficient (Wildman–Crippen LogP) is 3.56. The third-order valence-electron chi connectivity index (χ3n) is 3.87. The van der Waals surface area contributed by atoms with Crippen LogP contribution in [0.3, 0.4) is 0 Å². The van der Waals surface area contributed by atoms with E-state index in [0.717, 1.165) is 30.0 Å². The van der Waals surface area contributed by atoms with Crippen LogP contribution in [0.4, 0.5) is 0 Å². The topological polar surface area (TPSA) is 71.0 Å². The summed E-state index contributed by atoms with van der Waals surface area (Å²) in [5.41, 5.74) is 0. The van der Waals surface area contributed by atoms with E-state index in [4.69, 9.17) is 9.26 Å². The van der Waals surface area contributed by atoms with Gasteiger partial charge in [0.2, 0.25) is 0 Å². The minimum Gasteiger partial charge on any atom is -0.575 e. The van der Waals surface area contributed by atoms with E-state index in [1.54, 1.807) is 13.0 Å². The number of nitrogens with zero attached hydrogens (tertiary/aromatic N) is 1. The lowest BCUT2D eigenvalue weighted by Crippen LogP contribution is -2.29. The Labute approximate surface area is 135 Å². The van der Waals surface area contributed by atoms with Crippen molar-refractivity contribution in [3.8, 4) is 5.75 Å². The number of hydrogen-bond donors (Lipinski definition) is 0. The van der Waals surface area contributed by atoms with E-state index in [0.29, 0.717) is 5.75 Å². The predicted molar refractivity (Wildman–Crippen MR) is 87.1 cm³/mol. The van der Waals surface area contributed by atoms with E-state index < -0.39 is 20.2 Å². The van der Waals surface area contributed by atoms with Crippen LogP contribution in [-0.2, 0) is 9.53 Å². The Hall–Kier alpha value is -1.97. The molecule has 2 aromatic carbocycles. The SMILES string of the molecule is C[C@H](N=[P+]([O-])Oc1cccc2ccccc12)C(=O)OC1CCC1. The van der Waals surface area contributed by atoms with Crippen LogP contribution in [0, 0.1) is 0 Å². The summed E-state index contributed by atoms with van der Waals surface area (Å²) in [5.74, 6) is 0.0482. The molecule has 6 heteroatoms. The van der Waals surface area contributed by atoms with Crippen molar-refractivity contribution in [3.63, 3.8) is 0 Å². The van der Waals surface area contributed by atoms with Crippen molar-refractivity contribution in [1.82, 2.24) is 0 Å². The van der Waals surface area contributed by atoms with Crippen molar-refractivity contribution >= 4 is 24.9 Å². The largest absolute Gasteiger partial charge is 0.575 e. The third kappa shape index (κ3) is 3.87. The highest BCUT2D eigenvalue weighted by Crippen LogP contribution is 2.31. The van der Waals surface area contributed by atoms with Gasteiger partial charge in [-0.15, -0.1) is 0 Å². The van der Waals surface area contributed by atoms with Gasteiger partial charge >= 0.3 is 14.1 Å². The number of benzene rings is 2. The molecule has 1 unspecified atom stereocenters. The molecule has 3 rings (SSSR count). The Morgan fingerprint density at radius 2 is 2.00 bits per heavy atom. The van der Waals surface area contributed by atoms with E-state index in [9.17, 15) is 9.69 Å². The molecule has 5 nitrogen and oxygen atoms in total. The van der Waals surface area contributed by atoms with Gasteiger partial charge in [-0.1, -0.05) is 41.1 Å². The number of carbonyl (C=O) groups excluding carboxylic acids is 1. The molecule has 2 aromatic rings. The average molecular weight is 331 g/mol. The van der Waals surface area contributed by atoms with Gasteiger partial charge in [-0.25, -0.2) is 4.79 Å².